The van der Waals surface area contributed by atoms with Gasteiger partial charge in [-0.15, -0.1) is 0 Å². The van der Waals surface area contributed by atoms with Crippen LogP contribution in [0.2, 0.25) is 0 Å². The summed E-state index contributed by atoms with van der Waals surface area (Å²) in [5.74, 6) is 0.0609. The van der Waals surface area contributed by atoms with Crippen LogP contribution in [-0.4, -0.2) is 25.2 Å². The van der Waals surface area contributed by atoms with Gasteiger partial charge < -0.3 is 9.47 Å². The van der Waals surface area contributed by atoms with E-state index in [1.54, 1.807) is 12.2 Å². The Kier molecular flexibility index (Phi) is 10.4. The van der Waals surface area contributed by atoms with Crippen LogP contribution in [-0.2, 0) is 19.1 Å². The molecule has 0 rings (SSSR count). The predicted octanol–water partition coefficient (Wildman–Crippen LogP) is 3.28. The van der Waals surface area contributed by atoms with E-state index in [9.17, 15) is 9.59 Å². The van der Waals surface area contributed by atoms with Gasteiger partial charge in [0.05, 0.1) is 0 Å². The van der Waals surface area contributed by atoms with Crippen LogP contribution >= 0.6 is 0 Å². The number of carbonyl (C=O) groups excluding carboxylic acids is 2. The summed E-state index contributed by atoms with van der Waals surface area (Å²) < 4.78 is 9.92. The second-order valence-corrected chi connectivity index (χ2v) is 4.83. The molecule has 0 spiro atoms. The maximum Gasteiger partial charge on any atom is 0.306 e. The van der Waals surface area contributed by atoms with Crippen molar-refractivity contribution in [1.82, 2.24) is 0 Å². The van der Waals surface area contributed by atoms with Crippen molar-refractivity contribution in [3.8, 4) is 0 Å². The lowest BCUT2D eigenvalue weighted by Crippen LogP contribution is -2.19. The summed E-state index contributed by atoms with van der Waals surface area (Å²) in [4.78, 5) is 23.0. The number of ether oxygens (including phenoxy) is 2. The van der Waals surface area contributed by atoms with Crippen LogP contribution in [0.1, 0.15) is 39.5 Å². The summed E-state index contributed by atoms with van der Waals surface area (Å²) in [6.45, 7) is 11.6. The van der Waals surface area contributed by atoms with Crippen molar-refractivity contribution in [2.45, 2.75) is 39.5 Å². The highest BCUT2D eigenvalue weighted by molar-refractivity contribution is 5.70. The summed E-state index contributed by atoms with van der Waals surface area (Å²) in [6, 6.07) is 0. The largest absolute Gasteiger partial charge is 0.461 e. The fraction of sp³-hybridized carbons (Fsp3) is 0.625. The summed E-state index contributed by atoms with van der Waals surface area (Å²) in [5, 5.41) is 0. The van der Waals surface area contributed by atoms with Gasteiger partial charge in [0.25, 0.3) is 0 Å². The number of hydrogen-bond donors (Lipinski definition) is 0. The summed E-state index contributed by atoms with van der Waals surface area (Å²) >= 11 is 0. The van der Waals surface area contributed by atoms with E-state index in [1.807, 2.05) is 6.92 Å². The standard InChI is InChI=1S/C16H26O4/c1-5-10-19-15(17)9-8-13(4)14(7-3)12-16(18)20-11-6-2/h5-6,13-14H,1-2,7-12H2,3-4H3. The molecule has 0 saturated carbocycles. The number of esters is 2. The predicted molar refractivity (Wildman–Crippen MR) is 79.1 cm³/mol. The fourth-order valence-corrected chi connectivity index (χ4v) is 1.98. The highest BCUT2D eigenvalue weighted by atomic mass is 16.5. The van der Waals surface area contributed by atoms with Gasteiger partial charge in [0.2, 0.25) is 0 Å². The van der Waals surface area contributed by atoms with E-state index in [2.05, 4.69) is 20.1 Å². The maximum atomic E-state index is 11.6. The third kappa shape index (κ3) is 8.51. The lowest BCUT2D eigenvalue weighted by atomic mass is 9.85. The molecule has 0 amide bonds. The third-order valence-corrected chi connectivity index (χ3v) is 3.29. The van der Waals surface area contributed by atoms with Gasteiger partial charge in [0.15, 0.2) is 0 Å². The van der Waals surface area contributed by atoms with Crippen LogP contribution in [0.4, 0.5) is 0 Å². The van der Waals surface area contributed by atoms with Gasteiger partial charge in [-0.3, -0.25) is 9.59 Å². The van der Waals surface area contributed by atoms with Gasteiger partial charge in [-0.05, 0) is 18.3 Å². The molecular weight excluding hydrogens is 256 g/mol. The first-order valence-electron chi connectivity index (χ1n) is 7.08. The molecule has 0 N–H and O–H groups in total. The monoisotopic (exact) mass is 282 g/mol. The minimum absolute atomic E-state index is 0.210. The molecule has 0 heterocycles. The summed E-state index contributed by atoms with van der Waals surface area (Å²) in [5.41, 5.74) is 0. The molecule has 0 aliphatic carbocycles. The Morgan fingerprint density at radius 2 is 1.65 bits per heavy atom. The first-order valence-corrected chi connectivity index (χ1v) is 7.08. The minimum Gasteiger partial charge on any atom is -0.461 e. The van der Waals surface area contributed by atoms with Crippen molar-refractivity contribution >= 4 is 11.9 Å². The van der Waals surface area contributed by atoms with Crippen LogP contribution in [0.25, 0.3) is 0 Å². The highest BCUT2D eigenvalue weighted by Gasteiger charge is 2.20. The molecule has 4 heteroatoms. The Balaban J connectivity index is 4.09. The normalized spacial score (nSPS) is 13.1. The third-order valence-electron chi connectivity index (χ3n) is 3.29. The lowest BCUT2D eigenvalue weighted by molar-refractivity contribution is -0.144. The Morgan fingerprint density at radius 3 is 2.15 bits per heavy atom. The van der Waals surface area contributed by atoms with Crippen LogP contribution in [0.3, 0.4) is 0 Å². The van der Waals surface area contributed by atoms with Crippen molar-refractivity contribution in [3.05, 3.63) is 25.3 Å². The number of hydrogen-bond acceptors (Lipinski definition) is 4. The van der Waals surface area contributed by atoms with E-state index in [0.717, 1.165) is 6.42 Å². The quantitative estimate of drug-likeness (QED) is 0.431. The zero-order valence-corrected chi connectivity index (χ0v) is 12.6. The summed E-state index contributed by atoms with van der Waals surface area (Å²) in [7, 11) is 0. The minimum atomic E-state index is -0.221. The van der Waals surface area contributed by atoms with E-state index in [4.69, 9.17) is 9.47 Å². The second-order valence-electron chi connectivity index (χ2n) is 4.83. The fourth-order valence-electron chi connectivity index (χ4n) is 1.98. The Hall–Kier alpha value is -1.58. The number of rotatable bonds is 11. The van der Waals surface area contributed by atoms with Crippen molar-refractivity contribution in [2.24, 2.45) is 11.8 Å². The average Bonchev–Trinajstić information content (AvgIpc) is 2.45. The Labute approximate surface area is 121 Å². The lowest BCUT2D eigenvalue weighted by Gasteiger charge is -2.21. The van der Waals surface area contributed by atoms with E-state index < -0.39 is 0 Å². The molecule has 0 aliphatic heterocycles. The highest BCUT2D eigenvalue weighted by Crippen LogP contribution is 2.24. The molecule has 4 nitrogen and oxygen atoms in total. The first-order chi connectivity index (χ1) is 9.54. The van der Waals surface area contributed by atoms with Gasteiger partial charge in [0, 0.05) is 12.8 Å². The topological polar surface area (TPSA) is 52.6 Å². The SMILES string of the molecule is C=CCOC(=O)CCC(C)C(CC)CC(=O)OCC=C. The van der Waals surface area contributed by atoms with Crippen LogP contribution in [0, 0.1) is 11.8 Å². The second kappa shape index (κ2) is 11.3. The molecule has 2 unspecified atom stereocenters. The Bertz CT molecular complexity index is 322. The van der Waals surface area contributed by atoms with Crippen molar-refractivity contribution in [1.29, 1.82) is 0 Å². The van der Waals surface area contributed by atoms with E-state index >= 15 is 0 Å². The van der Waals surface area contributed by atoms with E-state index in [1.165, 1.54) is 0 Å². The first kappa shape index (κ1) is 18.4. The van der Waals surface area contributed by atoms with Crippen molar-refractivity contribution in [3.63, 3.8) is 0 Å². The molecule has 0 aromatic heterocycles. The number of carbonyl (C=O) groups is 2. The van der Waals surface area contributed by atoms with Gasteiger partial charge in [0.1, 0.15) is 13.2 Å². The van der Waals surface area contributed by atoms with Gasteiger partial charge in [-0.25, -0.2) is 0 Å². The molecule has 0 saturated heterocycles. The molecule has 0 aliphatic rings. The van der Waals surface area contributed by atoms with Crippen LogP contribution < -0.4 is 0 Å². The summed E-state index contributed by atoms with van der Waals surface area (Å²) in [6.07, 6.45) is 5.44. The van der Waals surface area contributed by atoms with Crippen LogP contribution in [0.15, 0.2) is 25.3 Å². The Morgan fingerprint density at radius 1 is 1.10 bits per heavy atom. The molecule has 0 aromatic rings. The molecular formula is C16H26O4. The molecule has 2 atom stereocenters. The molecule has 20 heavy (non-hydrogen) atoms. The van der Waals surface area contributed by atoms with E-state index in [0.29, 0.717) is 19.3 Å². The van der Waals surface area contributed by atoms with Gasteiger partial charge in [-0.1, -0.05) is 45.6 Å². The van der Waals surface area contributed by atoms with Crippen molar-refractivity contribution in [2.75, 3.05) is 13.2 Å². The molecule has 0 aromatic carbocycles. The van der Waals surface area contributed by atoms with E-state index in [-0.39, 0.29) is 37.0 Å². The van der Waals surface area contributed by atoms with Crippen LogP contribution in [0.5, 0.6) is 0 Å². The molecule has 114 valence electrons. The molecule has 0 bridgehead atoms. The zero-order chi connectivity index (χ0) is 15.4. The van der Waals surface area contributed by atoms with Gasteiger partial charge >= 0.3 is 11.9 Å². The molecule has 0 radical (unpaired) electrons. The van der Waals surface area contributed by atoms with Crippen molar-refractivity contribution < 1.29 is 19.1 Å². The molecule has 0 fully saturated rings. The van der Waals surface area contributed by atoms with Gasteiger partial charge in [-0.2, -0.15) is 0 Å². The maximum absolute atomic E-state index is 11.6. The smallest absolute Gasteiger partial charge is 0.306 e. The zero-order valence-electron chi connectivity index (χ0n) is 12.6. The average molecular weight is 282 g/mol.